The molecule has 2 aromatic heterocycles. The van der Waals surface area contributed by atoms with Crippen molar-refractivity contribution in [3.63, 3.8) is 0 Å². The van der Waals surface area contributed by atoms with E-state index in [-0.39, 0.29) is 11.4 Å². The minimum atomic E-state index is -3.57. The van der Waals surface area contributed by atoms with E-state index in [1.165, 1.54) is 12.1 Å². The summed E-state index contributed by atoms with van der Waals surface area (Å²) < 4.78 is 28.7. The zero-order valence-corrected chi connectivity index (χ0v) is 12.5. The molecule has 0 radical (unpaired) electrons. The number of sulfonamides is 1. The van der Waals surface area contributed by atoms with Crippen LogP contribution in [0.5, 0.6) is 0 Å². The molecule has 0 fully saturated rings. The molecule has 0 amide bonds. The van der Waals surface area contributed by atoms with Gasteiger partial charge in [-0.05, 0) is 36.4 Å². The van der Waals surface area contributed by atoms with E-state index in [1.807, 2.05) is 24.4 Å². The maximum atomic E-state index is 12.2. The lowest BCUT2D eigenvalue weighted by Gasteiger charge is -2.06. The first-order valence-electron chi connectivity index (χ1n) is 6.23. The topological polar surface area (TPSA) is 63.5 Å². The minimum Gasteiger partial charge on any atom is -0.241 e. The number of rotatable bonds is 4. The average Bonchev–Trinajstić information content (AvgIpc) is 2.89. The molecular weight excluding hydrogens is 310 g/mol. The van der Waals surface area contributed by atoms with Crippen molar-refractivity contribution >= 4 is 27.1 Å². The van der Waals surface area contributed by atoms with E-state index in [0.717, 1.165) is 11.1 Å². The Morgan fingerprint density at radius 1 is 1.14 bits per heavy atom. The predicted octanol–water partition coefficient (Wildman–Crippen LogP) is 2.47. The lowest BCUT2D eigenvalue weighted by molar-refractivity contribution is 0.581. The molecule has 0 spiro atoms. The quantitative estimate of drug-likeness (QED) is 0.803. The van der Waals surface area contributed by atoms with Crippen LogP contribution in [0.15, 0.2) is 59.8 Å². The third-order valence-corrected chi connectivity index (χ3v) is 4.75. The van der Waals surface area contributed by atoms with Crippen molar-refractivity contribution in [3.05, 3.63) is 65.4 Å². The second kappa shape index (κ2) is 5.48. The summed E-state index contributed by atoms with van der Waals surface area (Å²) in [7, 11) is -3.57. The summed E-state index contributed by atoms with van der Waals surface area (Å²) in [5.41, 5.74) is 1.68. The van der Waals surface area contributed by atoms with Gasteiger partial charge in [0.1, 0.15) is 0 Å². The van der Waals surface area contributed by atoms with Crippen molar-refractivity contribution in [1.29, 1.82) is 0 Å². The van der Waals surface area contributed by atoms with E-state index in [9.17, 15) is 8.42 Å². The number of fused-ring (bicyclic) bond motifs is 1. The van der Waals surface area contributed by atoms with Crippen molar-refractivity contribution in [3.8, 4) is 0 Å². The lowest BCUT2D eigenvalue weighted by atomic mass is 10.3. The van der Waals surface area contributed by atoms with Crippen LogP contribution in [0.2, 0.25) is 5.02 Å². The molecule has 0 aliphatic rings. The lowest BCUT2D eigenvalue weighted by Crippen LogP contribution is -2.23. The summed E-state index contributed by atoms with van der Waals surface area (Å²) in [5.74, 6) is 0. The Labute approximate surface area is 127 Å². The van der Waals surface area contributed by atoms with E-state index in [2.05, 4.69) is 9.82 Å². The molecule has 1 aromatic carbocycles. The van der Waals surface area contributed by atoms with E-state index >= 15 is 0 Å². The van der Waals surface area contributed by atoms with Crippen molar-refractivity contribution < 1.29 is 8.42 Å². The SMILES string of the molecule is O=S(=O)(NCc1cnn2ccccc12)c1ccc(Cl)cc1. The molecule has 0 atom stereocenters. The predicted molar refractivity (Wildman–Crippen MR) is 80.7 cm³/mol. The second-order valence-electron chi connectivity index (χ2n) is 4.48. The number of nitrogens with one attached hydrogen (secondary N) is 1. The highest BCUT2D eigenvalue weighted by Crippen LogP contribution is 2.15. The van der Waals surface area contributed by atoms with Gasteiger partial charge in [0.15, 0.2) is 0 Å². The Hall–Kier alpha value is -1.89. The first-order chi connectivity index (χ1) is 10.1. The third-order valence-electron chi connectivity index (χ3n) is 3.08. The summed E-state index contributed by atoms with van der Waals surface area (Å²) in [6, 6.07) is 11.7. The standard InChI is InChI=1S/C14H12ClN3O2S/c15-12-4-6-13(7-5-12)21(19,20)17-10-11-9-16-18-8-2-1-3-14(11)18/h1-9,17H,10H2. The highest BCUT2D eigenvalue weighted by Gasteiger charge is 2.14. The molecule has 108 valence electrons. The summed E-state index contributed by atoms with van der Waals surface area (Å²) >= 11 is 5.76. The molecule has 7 heteroatoms. The maximum absolute atomic E-state index is 12.2. The van der Waals surface area contributed by atoms with E-state index in [0.29, 0.717) is 5.02 Å². The number of benzene rings is 1. The van der Waals surface area contributed by atoms with E-state index in [4.69, 9.17) is 11.6 Å². The highest BCUT2D eigenvalue weighted by molar-refractivity contribution is 7.89. The zero-order chi connectivity index (χ0) is 14.9. The van der Waals surface area contributed by atoms with Crippen molar-refractivity contribution in [2.75, 3.05) is 0 Å². The van der Waals surface area contributed by atoms with Crippen LogP contribution in [0.25, 0.3) is 5.52 Å². The molecule has 3 rings (SSSR count). The fraction of sp³-hybridized carbons (Fsp3) is 0.0714. The highest BCUT2D eigenvalue weighted by atomic mass is 35.5. The molecule has 0 saturated carbocycles. The molecule has 0 unspecified atom stereocenters. The third kappa shape index (κ3) is 2.92. The van der Waals surface area contributed by atoms with Gasteiger partial charge >= 0.3 is 0 Å². The smallest absolute Gasteiger partial charge is 0.240 e. The Kier molecular flexibility index (Phi) is 3.67. The van der Waals surface area contributed by atoms with Crippen LogP contribution in [-0.4, -0.2) is 18.0 Å². The Balaban J connectivity index is 1.82. The molecular formula is C14H12ClN3O2S. The number of halogens is 1. The normalized spacial score (nSPS) is 11.9. The molecule has 2 heterocycles. The van der Waals surface area contributed by atoms with Gasteiger partial charge in [0, 0.05) is 23.3 Å². The number of nitrogens with zero attached hydrogens (tertiary/aromatic N) is 2. The van der Waals surface area contributed by atoms with Gasteiger partial charge < -0.3 is 0 Å². The number of hydrogen-bond donors (Lipinski definition) is 1. The second-order valence-corrected chi connectivity index (χ2v) is 6.68. The van der Waals surface area contributed by atoms with Gasteiger partial charge in [0.25, 0.3) is 0 Å². The molecule has 1 N–H and O–H groups in total. The minimum absolute atomic E-state index is 0.179. The van der Waals surface area contributed by atoms with Gasteiger partial charge in [0.2, 0.25) is 10.0 Å². The van der Waals surface area contributed by atoms with E-state index in [1.54, 1.807) is 22.8 Å². The van der Waals surface area contributed by atoms with Gasteiger partial charge in [-0.2, -0.15) is 5.10 Å². The molecule has 21 heavy (non-hydrogen) atoms. The Bertz CT molecular complexity index is 873. The van der Waals surface area contributed by atoms with Gasteiger partial charge in [-0.15, -0.1) is 0 Å². The number of pyridine rings is 1. The fourth-order valence-electron chi connectivity index (χ4n) is 1.99. The fourth-order valence-corrected chi connectivity index (χ4v) is 3.13. The van der Waals surface area contributed by atoms with Crippen LogP contribution >= 0.6 is 11.6 Å². The summed E-state index contributed by atoms with van der Waals surface area (Å²) in [6.45, 7) is 0.179. The van der Waals surface area contributed by atoms with Gasteiger partial charge in [0.05, 0.1) is 16.6 Å². The van der Waals surface area contributed by atoms with Crippen LogP contribution in [0.4, 0.5) is 0 Å². The van der Waals surface area contributed by atoms with Crippen LogP contribution in [0.3, 0.4) is 0 Å². The average molecular weight is 322 g/mol. The molecule has 0 aliphatic heterocycles. The van der Waals surface area contributed by atoms with E-state index < -0.39 is 10.0 Å². The Morgan fingerprint density at radius 3 is 2.67 bits per heavy atom. The van der Waals surface area contributed by atoms with Crippen LogP contribution in [0, 0.1) is 0 Å². The van der Waals surface area contributed by atoms with Crippen LogP contribution in [0.1, 0.15) is 5.56 Å². The zero-order valence-electron chi connectivity index (χ0n) is 10.9. The summed E-state index contributed by atoms with van der Waals surface area (Å²) in [6.07, 6.45) is 3.46. The summed E-state index contributed by atoms with van der Waals surface area (Å²) in [5, 5.41) is 4.66. The molecule has 0 saturated heterocycles. The van der Waals surface area contributed by atoms with Gasteiger partial charge in [-0.3, -0.25) is 0 Å². The first-order valence-corrected chi connectivity index (χ1v) is 8.09. The van der Waals surface area contributed by atoms with Crippen molar-refractivity contribution in [1.82, 2.24) is 14.3 Å². The number of hydrogen-bond acceptors (Lipinski definition) is 3. The Morgan fingerprint density at radius 2 is 1.90 bits per heavy atom. The van der Waals surface area contributed by atoms with Gasteiger partial charge in [-0.25, -0.2) is 17.7 Å². The van der Waals surface area contributed by atoms with Crippen molar-refractivity contribution in [2.45, 2.75) is 11.4 Å². The monoisotopic (exact) mass is 321 g/mol. The molecule has 0 bridgehead atoms. The van der Waals surface area contributed by atoms with Crippen LogP contribution in [-0.2, 0) is 16.6 Å². The molecule has 5 nitrogen and oxygen atoms in total. The van der Waals surface area contributed by atoms with Gasteiger partial charge in [-0.1, -0.05) is 17.7 Å². The number of aromatic nitrogens is 2. The van der Waals surface area contributed by atoms with Crippen LogP contribution < -0.4 is 4.72 Å². The molecule has 3 aromatic rings. The summed E-state index contributed by atoms with van der Waals surface area (Å²) in [4.78, 5) is 0.184. The maximum Gasteiger partial charge on any atom is 0.240 e. The first kappa shape index (κ1) is 14.1. The largest absolute Gasteiger partial charge is 0.241 e. The van der Waals surface area contributed by atoms with Crippen molar-refractivity contribution in [2.24, 2.45) is 0 Å². The molecule has 0 aliphatic carbocycles.